The summed E-state index contributed by atoms with van der Waals surface area (Å²) in [6.45, 7) is 22.4. The number of hydrogen-bond donors (Lipinski definition) is 0. The zero-order valence-corrected chi connectivity index (χ0v) is 24.8. The maximum atomic E-state index is 13.4. The average Bonchev–Trinajstić information content (AvgIpc) is 2.91. The van der Waals surface area contributed by atoms with E-state index in [1.165, 1.54) is 12.0 Å². The number of nitrogens with zero attached hydrogens (tertiary/aromatic N) is 4. The van der Waals surface area contributed by atoms with Crippen molar-refractivity contribution >= 4 is 11.2 Å². The number of aryl methyl sites for hydroxylation is 1. The summed E-state index contributed by atoms with van der Waals surface area (Å²) in [7, 11) is 0. The molecular formula is C33H48N4O. The van der Waals surface area contributed by atoms with Gasteiger partial charge in [0, 0.05) is 18.2 Å². The maximum Gasteiger partial charge on any atom is 0.258 e. The van der Waals surface area contributed by atoms with E-state index < -0.39 is 0 Å². The number of aromatic nitrogens is 3. The maximum absolute atomic E-state index is 13.4. The van der Waals surface area contributed by atoms with Crippen molar-refractivity contribution in [3.63, 3.8) is 0 Å². The molecule has 1 atom stereocenters. The summed E-state index contributed by atoms with van der Waals surface area (Å²) in [5.41, 5.74) is 7.66. The van der Waals surface area contributed by atoms with E-state index >= 15 is 0 Å². The normalized spacial score (nSPS) is 17.3. The summed E-state index contributed by atoms with van der Waals surface area (Å²) in [4.78, 5) is 25.7. The van der Waals surface area contributed by atoms with Gasteiger partial charge in [-0.15, -0.1) is 0 Å². The topological polar surface area (TPSA) is 50.5 Å². The van der Waals surface area contributed by atoms with Gasteiger partial charge in [0.05, 0.1) is 17.1 Å². The van der Waals surface area contributed by atoms with Crippen LogP contribution in [0.5, 0.6) is 0 Å². The van der Waals surface area contributed by atoms with Gasteiger partial charge >= 0.3 is 0 Å². The number of allylic oxidation sites excluding steroid dienone is 7. The van der Waals surface area contributed by atoms with E-state index in [1.54, 1.807) is 10.5 Å². The van der Waals surface area contributed by atoms with Crippen LogP contribution in [0.3, 0.4) is 0 Å². The molecule has 2 aromatic heterocycles. The highest BCUT2D eigenvalue weighted by molar-refractivity contribution is 5.74. The van der Waals surface area contributed by atoms with Crippen LogP contribution < -0.4 is 5.56 Å². The predicted octanol–water partition coefficient (Wildman–Crippen LogP) is 7.67. The first kappa shape index (κ1) is 29.8. The van der Waals surface area contributed by atoms with Crippen molar-refractivity contribution in [2.45, 2.75) is 92.9 Å². The minimum Gasteiger partial charge on any atom is -0.304 e. The van der Waals surface area contributed by atoms with Crippen molar-refractivity contribution in [3.05, 3.63) is 81.2 Å². The molecule has 3 rings (SSSR count). The lowest BCUT2D eigenvalue weighted by atomic mass is 9.93. The van der Waals surface area contributed by atoms with Gasteiger partial charge in [-0.3, -0.25) is 14.2 Å². The fourth-order valence-corrected chi connectivity index (χ4v) is 4.99. The summed E-state index contributed by atoms with van der Waals surface area (Å²) in [6, 6.07) is 1.68. The quantitative estimate of drug-likeness (QED) is 0.175. The Morgan fingerprint density at radius 2 is 1.82 bits per heavy atom. The lowest BCUT2D eigenvalue weighted by Gasteiger charge is -2.30. The molecule has 2 aromatic rings. The van der Waals surface area contributed by atoms with Crippen LogP contribution in [0.1, 0.15) is 103 Å². The highest BCUT2D eigenvalue weighted by Gasteiger charge is 2.22. The van der Waals surface area contributed by atoms with Gasteiger partial charge in [0.15, 0.2) is 5.65 Å². The monoisotopic (exact) mass is 516 g/mol. The predicted molar refractivity (Wildman–Crippen MR) is 162 cm³/mol. The van der Waals surface area contributed by atoms with Crippen molar-refractivity contribution in [2.24, 2.45) is 5.92 Å². The molecule has 0 N–H and O–H groups in total. The molecule has 5 heteroatoms. The Balaban J connectivity index is 1.91. The van der Waals surface area contributed by atoms with Gasteiger partial charge in [-0.1, -0.05) is 50.6 Å². The molecule has 0 saturated carbocycles. The van der Waals surface area contributed by atoms with E-state index in [9.17, 15) is 4.79 Å². The van der Waals surface area contributed by atoms with E-state index in [1.807, 2.05) is 20.0 Å². The van der Waals surface area contributed by atoms with Crippen molar-refractivity contribution in [1.29, 1.82) is 0 Å². The van der Waals surface area contributed by atoms with E-state index in [2.05, 4.69) is 64.3 Å². The summed E-state index contributed by atoms with van der Waals surface area (Å²) < 4.78 is 1.70. The Hall–Kier alpha value is -2.79. The van der Waals surface area contributed by atoms with Crippen LogP contribution >= 0.6 is 0 Å². The second kappa shape index (κ2) is 13.8. The second-order valence-corrected chi connectivity index (χ2v) is 11.1. The van der Waals surface area contributed by atoms with E-state index in [4.69, 9.17) is 9.97 Å². The zero-order valence-electron chi connectivity index (χ0n) is 24.8. The van der Waals surface area contributed by atoms with Crippen LogP contribution in [-0.2, 0) is 0 Å². The van der Waals surface area contributed by atoms with E-state index in [0.717, 1.165) is 79.8 Å². The Morgan fingerprint density at radius 1 is 1.13 bits per heavy atom. The number of rotatable bonds is 11. The molecule has 5 nitrogen and oxygen atoms in total. The minimum atomic E-state index is -0.0536. The second-order valence-electron chi connectivity index (χ2n) is 11.1. The van der Waals surface area contributed by atoms with Crippen LogP contribution in [-0.4, -0.2) is 38.9 Å². The molecule has 0 aromatic carbocycles. The van der Waals surface area contributed by atoms with Gasteiger partial charge < -0.3 is 4.90 Å². The van der Waals surface area contributed by atoms with Gasteiger partial charge in [0.2, 0.25) is 0 Å². The van der Waals surface area contributed by atoms with Crippen LogP contribution in [0.25, 0.3) is 11.2 Å². The Labute approximate surface area is 230 Å². The first-order valence-electron chi connectivity index (χ1n) is 14.5. The lowest BCUT2D eigenvalue weighted by Crippen LogP contribution is -2.33. The van der Waals surface area contributed by atoms with Crippen LogP contribution in [0.15, 0.2) is 58.6 Å². The highest BCUT2D eigenvalue weighted by Crippen LogP contribution is 2.27. The number of piperidine rings is 1. The van der Waals surface area contributed by atoms with Gasteiger partial charge in [-0.05, 0) is 109 Å². The first-order valence-corrected chi connectivity index (χ1v) is 14.5. The van der Waals surface area contributed by atoms with Gasteiger partial charge in [0.1, 0.15) is 0 Å². The smallest absolute Gasteiger partial charge is 0.258 e. The van der Waals surface area contributed by atoms with Crippen molar-refractivity contribution in [1.82, 2.24) is 19.3 Å². The molecule has 0 bridgehead atoms. The molecule has 0 spiro atoms. The molecule has 1 aliphatic rings. The summed E-state index contributed by atoms with van der Waals surface area (Å²) in [5.74, 6) is 1.03. The molecule has 0 amide bonds. The van der Waals surface area contributed by atoms with E-state index in [-0.39, 0.29) is 5.56 Å². The standard InChI is InChI=1S/C33H48N4O/c1-9-24(5)25(6)14-12-11-13-15-29(20-26(7)23(3)4)30-21-32(38)37-22-31(34-27(8)33(37)35-30)28-16-18-36(10-2)19-17-28/h14-15,20-22,24,28H,3,9-13,16-19H2,1-2,4-8H3/b25-14-,26-20+,29-15+. The molecule has 1 saturated heterocycles. The number of hydrogen-bond acceptors (Lipinski definition) is 4. The molecule has 1 aliphatic heterocycles. The van der Waals surface area contributed by atoms with Crippen LogP contribution in [0, 0.1) is 12.8 Å². The van der Waals surface area contributed by atoms with Gasteiger partial charge in [-0.2, -0.15) is 0 Å². The Kier molecular flexibility index (Phi) is 10.8. The summed E-state index contributed by atoms with van der Waals surface area (Å²) >= 11 is 0. The fourth-order valence-electron chi connectivity index (χ4n) is 4.99. The number of unbranched alkanes of at least 4 members (excludes halogenated alkanes) is 2. The zero-order chi connectivity index (χ0) is 27.8. The summed E-state index contributed by atoms with van der Waals surface area (Å²) in [6.07, 6.45) is 15.0. The van der Waals surface area contributed by atoms with Crippen LogP contribution in [0.4, 0.5) is 0 Å². The molecule has 38 heavy (non-hydrogen) atoms. The molecule has 0 radical (unpaired) electrons. The highest BCUT2D eigenvalue weighted by atomic mass is 16.1. The van der Waals surface area contributed by atoms with Gasteiger partial charge in [0.25, 0.3) is 5.56 Å². The Morgan fingerprint density at radius 3 is 2.45 bits per heavy atom. The molecular weight excluding hydrogens is 468 g/mol. The largest absolute Gasteiger partial charge is 0.304 e. The number of likely N-dealkylation sites (tertiary alicyclic amines) is 1. The molecule has 206 valence electrons. The third-order valence-corrected chi connectivity index (χ3v) is 8.26. The summed E-state index contributed by atoms with van der Waals surface area (Å²) in [5, 5.41) is 0. The molecule has 1 unspecified atom stereocenters. The van der Waals surface area contributed by atoms with Crippen molar-refractivity contribution < 1.29 is 0 Å². The van der Waals surface area contributed by atoms with Crippen molar-refractivity contribution in [2.75, 3.05) is 19.6 Å². The lowest BCUT2D eigenvalue weighted by molar-refractivity contribution is 0.220. The molecule has 0 aliphatic carbocycles. The fraction of sp³-hybridized carbons (Fsp3) is 0.545. The SMILES string of the molecule is C=C(C)/C(C)=C/C(=C\CCC/C=C(/C)C(C)CC)c1cc(=O)n2cc(C3CCN(CC)CC3)nc(C)c2n1. The average molecular weight is 517 g/mol. The third kappa shape index (κ3) is 7.63. The van der Waals surface area contributed by atoms with Crippen LogP contribution in [0.2, 0.25) is 0 Å². The Bertz CT molecular complexity index is 1270. The molecule has 1 fully saturated rings. The van der Waals surface area contributed by atoms with Gasteiger partial charge in [-0.25, -0.2) is 4.98 Å². The third-order valence-electron chi connectivity index (χ3n) is 8.26. The number of fused-ring (bicyclic) bond motifs is 1. The first-order chi connectivity index (χ1) is 18.1. The van der Waals surface area contributed by atoms with E-state index in [0.29, 0.717) is 23.2 Å². The van der Waals surface area contributed by atoms with Crippen molar-refractivity contribution in [3.8, 4) is 0 Å². The molecule has 3 heterocycles. The minimum absolute atomic E-state index is 0.0536.